The molecule has 1 nitrogen and oxygen atoms in total. The maximum atomic E-state index is 10.1. The van der Waals surface area contributed by atoms with Gasteiger partial charge in [0.15, 0.2) is 0 Å². The summed E-state index contributed by atoms with van der Waals surface area (Å²) in [6, 6.07) is 7.73. The molecule has 0 fully saturated rings. The van der Waals surface area contributed by atoms with Gasteiger partial charge in [-0.1, -0.05) is 29.8 Å². The molecule has 0 spiro atoms. The average molecular weight is 237 g/mol. The molecule has 0 aromatic heterocycles. The monoisotopic (exact) mass is 236 g/mol. The highest BCUT2D eigenvalue weighted by Gasteiger charge is 2.13. The van der Waals surface area contributed by atoms with Gasteiger partial charge in [0.25, 0.3) is 0 Å². The van der Waals surface area contributed by atoms with E-state index in [2.05, 4.69) is 6.08 Å². The average Bonchev–Trinajstić information content (AvgIpc) is 2.30. The van der Waals surface area contributed by atoms with Crippen molar-refractivity contribution in [1.29, 1.82) is 0 Å². The third-order valence-corrected chi connectivity index (χ3v) is 3.31. The largest absolute Gasteiger partial charge is 0.388 e. The standard InChI is InChI=1S/C14H17ClO/c15-13-8-4-5-11(9-13)10-14(16)12-6-2-1-3-7-12/h4-6,8-9,14,16H,1-3,7,10H2. The first-order valence-electron chi connectivity index (χ1n) is 5.87. The fourth-order valence-electron chi connectivity index (χ4n) is 2.18. The number of aliphatic hydroxyl groups excluding tert-OH is 1. The van der Waals surface area contributed by atoms with Gasteiger partial charge < -0.3 is 5.11 Å². The first-order chi connectivity index (χ1) is 7.75. The van der Waals surface area contributed by atoms with E-state index in [1.165, 1.54) is 18.4 Å². The lowest BCUT2D eigenvalue weighted by Crippen LogP contribution is -2.15. The van der Waals surface area contributed by atoms with Crippen molar-refractivity contribution in [1.82, 2.24) is 0 Å². The van der Waals surface area contributed by atoms with Crippen molar-refractivity contribution in [3.05, 3.63) is 46.5 Å². The Morgan fingerprint density at radius 3 is 2.88 bits per heavy atom. The summed E-state index contributed by atoms with van der Waals surface area (Å²) in [6.07, 6.45) is 7.15. The quantitative estimate of drug-likeness (QED) is 0.793. The zero-order chi connectivity index (χ0) is 11.4. The minimum atomic E-state index is -0.334. The van der Waals surface area contributed by atoms with E-state index in [4.69, 9.17) is 11.6 Å². The summed E-state index contributed by atoms with van der Waals surface area (Å²) in [7, 11) is 0. The molecule has 2 rings (SSSR count). The van der Waals surface area contributed by atoms with E-state index in [1.54, 1.807) is 0 Å². The van der Waals surface area contributed by atoms with Crippen LogP contribution in [0.4, 0.5) is 0 Å². The Kier molecular flexibility index (Phi) is 4.03. The third-order valence-electron chi connectivity index (χ3n) is 3.07. The number of rotatable bonds is 3. The summed E-state index contributed by atoms with van der Waals surface area (Å²) >= 11 is 5.92. The Morgan fingerprint density at radius 2 is 2.19 bits per heavy atom. The van der Waals surface area contributed by atoms with E-state index in [0.29, 0.717) is 6.42 Å². The lowest BCUT2D eigenvalue weighted by Gasteiger charge is -2.18. The molecular weight excluding hydrogens is 220 g/mol. The number of hydrogen-bond donors (Lipinski definition) is 1. The van der Waals surface area contributed by atoms with Crippen LogP contribution < -0.4 is 0 Å². The van der Waals surface area contributed by atoms with Crippen molar-refractivity contribution in [2.75, 3.05) is 0 Å². The molecular formula is C14H17ClO. The Bertz CT molecular complexity index is 384. The van der Waals surface area contributed by atoms with Gasteiger partial charge in [-0.15, -0.1) is 0 Å². The third kappa shape index (κ3) is 3.10. The van der Waals surface area contributed by atoms with Crippen LogP contribution in [-0.4, -0.2) is 11.2 Å². The molecule has 1 aliphatic carbocycles. The molecule has 1 atom stereocenters. The number of halogens is 1. The second-order valence-corrected chi connectivity index (χ2v) is 4.81. The number of benzene rings is 1. The molecule has 0 heterocycles. The first-order valence-corrected chi connectivity index (χ1v) is 6.25. The molecule has 0 saturated heterocycles. The minimum absolute atomic E-state index is 0.334. The van der Waals surface area contributed by atoms with E-state index in [9.17, 15) is 5.11 Å². The van der Waals surface area contributed by atoms with Crippen molar-refractivity contribution in [3.63, 3.8) is 0 Å². The Balaban J connectivity index is 2.01. The molecule has 1 unspecified atom stereocenters. The molecule has 2 heteroatoms. The van der Waals surface area contributed by atoms with Crippen LogP contribution in [0, 0.1) is 0 Å². The molecule has 0 saturated carbocycles. The summed E-state index contributed by atoms with van der Waals surface area (Å²) in [5.74, 6) is 0. The van der Waals surface area contributed by atoms with Crippen molar-refractivity contribution in [3.8, 4) is 0 Å². The van der Waals surface area contributed by atoms with Crippen LogP contribution in [0.1, 0.15) is 31.2 Å². The number of allylic oxidation sites excluding steroid dienone is 1. The van der Waals surface area contributed by atoms with Crippen LogP contribution in [0.5, 0.6) is 0 Å². The van der Waals surface area contributed by atoms with Crippen molar-refractivity contribution in [2.45, 2.75) is 38.2 Å². The van der Waals surface area contributed by atoms with Gasteiger partial charge in [-0.05, 0) is 49.0 Å². The maximum absolute atomic E-state index is 10.1. The van der Waals surface area contributed by atoms with Gasteiger partial charge in [0.1, 0.15) is 0 Å². The summed E-state index contributed by atoms with van der Waals surface area (Å²) in [5, 5.41) is 10.8. The highest BCUT2D eigenvalue weighted by atomic mass is 35.5. The van der Waals surface area contributed by atoms with Crippen molar-refractivity contribution < 1.29 is 5.11 Å². The molecule has 16 heavy (non-hydrogen) atoms. The van der Waals surface area contributed by atoms with Crippen molar-refractivity contribution in [2.24, 2.45) is 0 Å². The predicted octanol–water partition coefficient (Wildman–Crippen LogP) is 3.74. The van der Waals surface area contributed by atoms with E-state index < -0.39 is 0 Å². The first kappa shape index (κ1) is 11.7. The summed E-state index contributed by atoms with van der Waals surface area (Å²) in [5.41, 5.74) is 2.30. The Morgan fingerprint density at radius 1 is 1.31 bits per heavy atom. The van der Waals surface area contributed by atoms with Crippen LogP contribution >= 0.6 is 11.6 Å². The molecule has 1 N–H and O–H groups in total. The fraction of sp³-hybridized carbons (Fsp3) is 0.429. The van der Waals surface area contributed by atoms with Gasteiger partial charge >= 0.3 is 0 Å². The smallest absolute Gasteiger partial charge is 0.0790 e. The lowest BCUT2D eigenvalue weighted by molar-refractivity contribution is 0.204. The van der Waals surface area contributed by atoms with Crippen LogP contribution in [0.2, 0.25) is 5.02 Å². The van der Waals surface area contributed by atoms with Gasteiger partial charge in [0, 0.05) is 11.4 Å². The highest BCUT2D eigenvalue weighted by Crippen LogP contribution is 2.23. The van der Waals surface area contributed by atoms with E-state index in [0.717, 1.165) is 23.4 Å². The SMILES string of the molecule is OC(Cc1cccc(Cl)c1)C1=CCCCC1. The second-order valence-electron chi connectivity index (χ2n) is 4.37. The van der Waals surface area contributed by atoms with Gasteiger partial charge in [0.2, 0.25) is 0 Å². The summed E-state index contributed by atoms with van der Waals surface area (Å²) < 4.78 is 0. The van der Waals surface area contributed by atoms with Crippen LogP contribution in [0.25, 0.3) is 0 Å². The van der Waals surface area contributed by atoms with Gasteiger partial charge in [0.05, 0.1) is 6.10 Å². The fourth-order valence-corrected chi connectivity index (χ4v) is 2.40. The highest BCUT2D eigenvalue weighted by molar-refractivity contribution is 6.30. The van der Waals surface area contributed by atoms with Crippen LogP contribution in [-0.2, 0) is 6.42 Å². The predicted molar refractivity (Wildman–Crippen MR) is 67.7 cm³/mol. The molecule has 1 aliphatic rings. The Labute approximate surface area is 102 Å². The molecule has 0 radical (unpaired) electrons. The van der Waals surface area contributed by atoms with E-state index in [-0.39, 0.29) is 6.10 Å². The van der Waals surface area contributed by atoms with Crippen LogP contribution in [0.3, 0.4) is 0 Å². The number of hydrogen-bond acceptors (Lipinski definition) is 1. The minimum Gasteiger partial charge on any atom is -0.388 e. The van der Waals surface area contributed by atoms with E-state index >= 15 is 0 Å². The van der Waals surface area contributed by atoms with Crippen LogP contribution in [0.15, 0.2) is 35.9 Å². The molecule has 1 aromatic carbocycles. The molecule has 0 amide bonds. The van der Waals surface area contributed by atoms with Gasteiger partial charge in [-0.2, -0.15) is 0 Å². The van der Waals surface area contributed by atoms with Gasteiger partial charge in [-0.3, -0.25) is 0 Å². The van der Waals surface area contributed by atoms with Gasteiger partial charge in [-0.25, -0.2) is 0 Å². The molecule has 0 bridgehead atoms. The zero-order valence-electron chi connectivity index (χ0n) is 9.32. The zero-order valence-corrected chi connectivity index (χ0v) is 10.1. The summed E-state index contributed by atoms with van der Waals surface area (Å²) in [4.78, 5) is 0. The summed E-state index contributed by atoms with van der Waals surface area (Å²) in [6.45, 7) is 0. The van der Waals surface area contributed by atoms with E-state index in [1.807, 2.05) is 24.3 Å². The Hall–Kier alpha value is -0.790. The normalized spacial score (nSPS) is 18.0. The molecule has 86 valence electrons. The number of aliphatic hydroxyl groups is 1. The lowest BCUT2D eigenvalue weighted by atomic mass is 9.92. The molecule has 0 aliphatic heterocycles. The molecule has 1 aromatic rings. The maximum Gasteiger partial charge on any atom is 0.0790 e. The topological polar surface area (TPSA) is 20.2 Å². The van der Waals surface area contributed by atoms with Crippen molar-refractivity contribution >= 4 is 11.6 Å². The second kappa shape index (κ2) is 5.51.